The summed E-state index contributed by atoms with van der Waals surface area (Å²) in [5.74, 6) is -0.206. The van der Waals surface area contributed by atoms with Gasteiger partial charge in [-0.2, -0.15) is 0 Å². The first-order chi connectivity index (χ1) is 33.5. The molecular weight excluding hydrogens is 876 g/mol. The van der Waals surface area contributed by atoms with E-state index >= 15 is 0 Å². The van der Waals surface area contributed by atoms with Crippen LogP contribution in [0, 0.1) is 0 Å². The topological polar surface area (TPSA) is 108 Å². The van der Waals surface area contributed by atoms with Crippen LogP contribution in [-0.2, 0) is 18.4 Å². The summed E-state index contributed by atoms with van der Waals surface area (Å²) in [7, 11) is 1.25. The molecule has 0 saturated heterocycles. The second kappa shape index (κ2) is 51.6. The van der Waals surface area contributed by atoms with Crippen LogP contribution in [-0.4, -0.2) is 68.5 Å². The molecule has 0 rings (SSSR count). The lowest BCUT2D eigenvalue weighted by Gasteiger charge is -2.29. The third-order valence-electron chi connectivity index (χ3n) is 13.6. The minimum atomic E-state index is -4.61. The molecule has 3 unspecified atom stereocenters. The van der Waals surface area contributed by atoms with Gasteiger partial charge in [-0.05, 0) is 44.9 Å². The van der Waals surface area contributed by atoms with Crippen molar-refractivity contribution in [3.05, 3.63) is 36.5 Å². The average molecular weight is 994 g/mol. The number of aliphatic hydroxyl groups is 1. The molecule has 0 aliphatic rings. The fourth-order valence-corrected chi connectivity index (χ4v) is 9.62. The Hall–Kier alpha value is -1.28. The van der Waals surface area contributed by atoms with Crippen molar-refractivity contribution in [2.45, 2.75) is 302 Å². The Labute approximate surface area is 429 Å². The number of carbonyl (C=O) groups excluding carboxylic acids is 1. The zero-order chi connectivity index (χ0) is 50.6. The molecule has 3 atom stereocenters. The first-order valence-corrected chi connectivity index (χ1v) is 31.3. The van der Waals surface area contributed by atoms with Crippen molar-refractivity contribution in [1.29, 1.82) is 0 Å². The van der Waals surface area contributed by atoms with Gasteiger partial charge in [-0.1, -0.05) is 275 Å². The summed E-state index contributed by atoms with van der Waals surface area (Å²) in [6.07, 6.45) is 66.7. The van der Waals surface area contributed by atoms with Gasteiger partial charge in [0.1, 0.15) is 13.2 Å². The van der Waals surface area contributed by atoms with Crippen LogP contribution >= 0.6 is 7.82 Å². The number of unbranched alkanes of at least 4 members (excludes halogenated alkanes) is 38. The zero-order valence-corrected chi connectivity index (χ0v) is 47.4. The minimum Gasteiger partial charge on any atom is -0.756 e. The van der Waals surface area contributed by atoms with Crippen LogP contribution in [0.3, 0.4) is 0 Å². The number of likely N-dealkylation sites (N-methyl/N-ethyl adjacent to an activating group) is 1. The second-order valence-electron chi connectivity index (χ2n) is 21.7. The molecule has 69 heavy (non-hydrogen) atoms. The van der Waals surface area contributed by atoms with E-state index in [1.807, 2.05) is 27.2 Å². The highest BCUT2D eigenvalue weighted by Gasteiger charge is 2.23. The number of quaternary nitrogens is 1. The van der Waals surface area contributed by atoms with Gasteiger partial charge < -0.3 is 28.8 Å². The van der Waals surface area contributed by atoms with Gasteiger partial charge in [-0.15, -0.1) is 0 Å². The number of amides is 1. The Bertz CT molecular complexity index is 1220. The fourth-order valence-electron chi connectivity index (χ4n) is 8.89. The molecule has 0 aliphatic heterocycles. The molecule has 0 aliphatic carbocycles. The lowest BCUT2D eigenvalue weighted by Crippen LogP contribution is -2.45. The molecule has 0 heterocycles. The minimum absolute atomic E-state index is 0.00737. The lowest BCUT2D eigenvalue weighted by molar-refractivity contribution is -0.870. The van der Waals surface area contributed by atoms with E-state index < -0.39 is 26.6 Å². The van der Waals surface area contributed by atoms with Crippen LogP contribution in [0.4, 0.5) is 0 Å². The van der Waals surface area contributed by atoms with Gasteiger partial charge in [0.25, 0.3) is 7.82 Å². The number of allylic oxidation sites excluding steroid dienone is 5. The van der Waals surface area contributed by atoms with E-state index in [-0.39, 0.29) is 12.5 Å². The quantitative estimate of drug-likeness (QED) is 0.0272. The average Bonchev–Trinajstić information content (AvgIpc) is 3.31. The van der Waals surface area contributed by atoms with Gasteiger partial charge in [0.2, 0.25) is 5.91 Å². The summed E-state index contributed by atoms with van der Waals surface area (Å²) in [6.45, 7) is 4.66. The van der Waals surface area contributed by atoms with Gasteiger partial charge >= 0.3 is 0 Å². The first kappa shape index (κ1) is 67.7. The third-order valence-corrected chi connectivity index (χ3v) is 14.5. The monoisotopic (exact) mass is 993 g/mol. The lowest BCUT2D eigenvalue weighted by atomic mass is 10.0. The zero-order valence-electron chi connectivity index (χ0n) is 46.5. The van der Waals surface area contributed by atoms with Crippen molar-refractivity contribution in [3.8, 4) is 0 Å². The number of carbonyl (C=O) groups is 1. The smallest absolute Gasteiger partial charge is 0.268 e. The number of rotatable bonds is 55. The number of nitrogens with zero attached hydrogens (tertiary/aromatic N) is 1. The second-order valence-corrected chi connectivity index (χ2v) is 23.1. The highest BCUT2D eigenvalue weighted by atomic mass is 31.2. The fraction of sp³-hybridized carbons (Fsp3) is 0.883. The number of aliphatic hydroxyl groups excluding tert-OH is 1. The van der Waals surface area contributed by atoms with E-state index in [0.717, 1.165) is 44.9 Å². The van der Waals surface area contributed by atoms with Gasteiger partial charge in [0, 0.05) is 6.42 Å². The maximum Gasteiger partial charge on any atom is 0.268 e. The van der Waals surface area contributed by atoms with Gasteiger partial charge in [0.05, 0.1) is 39.9 Å². The molecule has 0 spiro atoms. The number of hydrogen-bond acceptors (Lipinski definition) is 6. The van der Waals surface area contributed by atoms with Crippen molar-refractivity contribution >= 4 is 13.7 Å². The summed E-state index contributed by atoms with van der Waals surface area (Å²) in [5, 5.41) is 13.9. The van der Waals surface area contributed by atoms with Crippen LogP contribution in [0.15, 0.2) is 36.5 Å². The van der Waals surface area contributed by atoms with Crippen LogP contribution in [0.1, 0.15) is 290 Å². The highest BCUT2D eigenvalue weighted by molar-refractivity contribution is 7.45. The van der Waals surface area contributed by atoms with E-state index in [9.17, 15) is 19.4 Å². The van der Waals surface area contributed by atoms with E-state index in [0.29, 0.717) is 17.4 Å². The Morgan fingerprint density at radius 3 is 1.17 bits per heavy atom. The molecule has 9 heteroatoms. The van der Waals surface area contributed by atoms with E-state index in [2.05, 4.69) is 43.5 Å². The molecule has 408 valence electrons. The van der Waals surface area contributed by atoms with E-state index in [1.54, 1.807) is 6.08 Å². The number of nitrogens with one attached hydrogen (secondary N) is 1. The molecule has 0 aromatic rings. The Morgan fingerprint density at radius 1 is 0.493 bits per heavy atom. The molecule has 0 saturated carbocycles. The molecule has 0 aromatic heterocycles. The summed E-state index contributed by atoms with van der Waals surface area (Å²) < 4.78 is 23.3. The number of phosphoric ester groups is 1. The predicted octanol–water partition coefficient (Wildman–Crippen LogP) is 17.5. The van der Waals surface area contributed by atoms with E-state index in [1.165, 1.54) is 225 Å². The Balaban J connectivity index is 4.16. The van der Waals surface area contributed by atoms with Crippen molar-refractivity contribution in [2.24, 2.45) is 0 Å². The first-order valence-electron chi connectivity index (χ1n) is 29.9. The molecule has 2 N–H and O–H groups in total. The molecule has 0 aromatic carbocycles. The summed E-state index contributed by atoms with van der Waals surface area (Å²) >= 11 is 0. The van der Waals surface area contributed by atoms with Crippen molar-refractivity contribution < 1.29 is 32.9 Å². The van der Waals surface area contributed by atoms with E-state index in [4.69, 9.17) is 9.05 Å². The molecular formula is C60H117N2O6P. The molecule has 0 bridgehead atoms. The standard InChI is InChI=1S/C60H117N2O6P/c1-6-8-10-12-14-16-18-20-22-24-26-27-28-29-30-31-32-33-34-36-38-40-42-44-46-48-50-52-54-60(64)61-58(57-68-69(65,66)67-56-55-62(3,4)5)59(63)53-51-49-47-45-43-41-39-37-35-25-23-21-19-17-15-13-11-9-7-2/h35,37,43,45,51,53,58-59,63H,6-34,36,38-42,44,46-50,52,54-57H2,1-5H3,(H-,61,64,65,66)/b37-35+,45-43+,53-51+. The van der Waals surface area contributed by atoms with Gasteiger partial charge in [-0.3, -0.25) is 9.36 Å². The molecule has 0 radical (unpaired) electrons. The SMILES string of the molecule is CCCCCCCCCCC/C=C/CC/C=C/CC/C=C/C(O)C(COP(=O)([O-])OCC[N+](C)(C)C)NC(=O)CCCCCCCCCCCCCCCCCCCCCCCCCCCCCC. The van der Waals surface area contributed by atoms with Gasteiger partial charge in [-0.25, -0.2) is 0 Å². The highest BCUT2D eigenvalue weighted by Crippen LogP contribution is 2.38. The van der Waals surface area contributed by atoms with Crippen molar-refractivity contribution in [1.82, 2.24) is 5.32 Å². The van der Waals surface area contributed by atoms with Crippen LogP contribution in [0.5, 0.6) is 0 Å². The normalized spacial score (nSPS) is 14.1. The third kappa shape index (κ3) is 54.3. The maximum absolute atomic E-state index is 13.0. The Kier molecular flexibility index (Phi) is 50.7. The summed E-state index contributed by atoms with van der Waals surface area (Å²) in [5.41, 5.74) is 0. The number of hydrogen-bond donors (Lipinski definition) is 2. The largest absolute Gasteiger partial charge is 0.756 e. The molecule has 1 amide bonds. The maximum atomic E-state index is 13.0. The predicted molar refractivity (Wildman–Crippen MR) is 298 cm³/mol. The molecule has 8 nitrogen and oxygen atoms in total. The van der Waals surface area contributed by atoms with Crippen LogP contribution in [0.2, 0.25) is 0 Å². The number of phosphoric acid groups is 1. The van der Waals surface area contributed by atoms with Gasteiger partial charge in [0.15, 0.2) is 0 Å². The van der Waals surface area contributed by atoms with Crippen LogP contribution < -0.4 is 10.2 Å². The van der Waals surface area contributed by atoms with Crippen LogP contribution in [0.25, 0.3) is 0 Å². The van der Waals surface area contributed by atoms with Crippen molar-refractivity contribution in [3.63, 3.8) is 0 Å². The Morgan fingerprint density at radius 2 is 0.812 bits per heavy atom. The summed E-state index contributed by atoms with van der Waals surface area (Å²) in [6, 6.07) is -0.908. The van der Waals surface area contributed by atoms with Crippen molar-refractivity contribution in [2.75, 3.05) is 40.9 Å². The molecule has 0 fully saturated rings. The summed E-state index contributed by atoms with van der Waals surface area (Å²) in [4.78, 5) is 25.5.